The third-order valence-electron chi connectivity index (χ3n) is 9.66. The van der Waals surface area contributed by atoms with Crippen molar-refractivity contribution >= 4 is 41.4 Å². The minimum atomic E-state index is -1.37. The van der Waals surface area contributed by atoms with E-state index in [0.29, 0.717) is 24.2 Å². The largest absolute Gasteiger partial charge is 0.467 e. The van der Waals surface area contributed by atoms with Crippen molar-refractivity contribution in [3.05, 3.63) is 35.9 Å². The number of aliphatic hydroxyl groups is 2. The van der Waals surface area contributed by atoms with Crippen LogP contribution in [-0.2, 0) is 44.7 Å². The van der Waals surface area contributed by atoms with Gasteiger partial charge in [-0.1, -0.05) is 64.4 Å². The summed E-state index contributed by atoms with van der Waals surface area (Å²) in [6.45, 7) is 10.1. The maximum atomic E-state index is 13.8. The van der Waals surface area contributed by atoms with Crippen LogP contribution in [0.15, 0.2) is 30.3 Å². The van der Waals surface area contributed by atoms with Crippen molar-refractivity contribution in [3.8, 4) is 0 Å². The van der Waals surface area contributed by atoms with E-state index in [1.54, 1.807) is 39.8 Å². The molecule has 1 fully saturated rings. The summed E-state index contributed by atoms with van der Waals surface area (Å²) in [6, 6.07) is 2.21. The zero-order valence-electron chi connectivity index (χ0n) is 32.0. The third-order valence-corrected chi connectivity index (χ3v) is 9.66. The Hall–Kier alpha value is -4.41. The molecule has 0 bridgehead atoms. The number of amides is 6. The summed E-state index contributed by atoms with van der Waals surface area (Å²) >= 11 is 0. The normalized spacial score (nSPS) is 19.5. The van der Waals surface area contributed by atoms with Crippen molar-refractivity contribution in [1.29, 1.82) is 0 Å². The summed E-state index contributed by atoms with van der Waals surface area (Å²) in [4.78, 5) is 92.1. The molecule has 2 rings (SSSR count). The number of ether oxygens (including phenoxy) is 1. The summed E-state index contributed by atoms with van der Waals surface area (Å²) in [5.74, 6) is -6.84. The second kappa shape index (κ2) is 20.7. The zero-order chi connectivity index (χ0) is 40.2. The number of methoxy groups -OCH3 is 1. The van der Waals surface area contributed by atoms with Crippen LogP contribution in [-0.4, -0.2) is 113 Å². The lowest BCUT2D eigenvalue weighted by Crippen LogP contribution is -2.59. The summed E-state index contributed by atoms with van der Waals surface area (Å²) in [6.07, 6.45) is 0.327. The van der Waals surface area contributed by atoms with Crippen LogP contribution in [0.5, 0.6) is 0 Å². The number of nitrogens with one attached hydrogen (secondary N) is 4. The monoisotopic (exact) mass is 746 g/mol. The van der Waals surface area contributed by atoms with Crippen molar-refractivity contribution in [2.75, 3.05) is 13.7 Å². The topological polar surface area (TPSA) is 247 Å². The van der Waals surface area contributed by atoms with Crippen LogP contribution in [0.25, 0.3) is 0 Å². The number of hydrogen-bond acceptors (Lipinski definition) is 11. The molecule has 0 aliphatic heterocycles. The molecule has 1 aromatic carbocycles. The summed E-state index contributed by atoms with van der Waals surface area (Å²) in [5, 5.41) is 31.7. The first-order valence-electron chi connectivity index (χ1n) is 18.1. The van der Waals surface area contributed by atoms with E-state index < -0.39 is 102 Å². The summed E-state index contributed by atoms with van der Waals surface area (Å²) in [7, 11) is 1.23. The molecule has 16 nitrogen and oxygen atoms in total. The fourth-order valence-corrected chi connectivity index (χ4v) is 6.52. The highest BCUT2D eigenvalue weighted by atomic mass is 16.5. The predicted octanol–water partition coefficient (Wildman–Crippen LogP) is -0.466. The highest BCUT2D eigenvalue weighted by Crippen LogP contribution is 2.36. The summed E-state index contributed by atoms with van der Waals surface area (Å²) in [5.41, 5.74) is 6.29. The smallest absolute Gasteiger partial charge is 0.328 e. The Bertz CT molecular complexity index is 1440. The van der Waals surface area contributed by atoms with Gasteiger partial charge < -0.3 is 42.0 Å². The van der Waals surface area contributed by atoms with Gasteiger partial charge in [0, 0.05) is 12.8 Å². The van der Waals surface area contributed by atoms with Gasteiger partial charge in [0.15, 0.2) is 0 Å². The Morgan fingerprint density at radius 2 is 1.45 bits per heavy atom. The Morgan fingerprint density at radius 3 is 1.98 bits per heavy atom. The Kier molecular flexibility index (Phi) is 17.5. The first-order valence-corrected chi connectivity index (χ1v) is 18.1. The molecule has 53 heavy (non-hydrogen) atoms. The van der Waals surface area contributed by atoms with Gasteiger partial charge >= 0.3 is 5.97 Å². The average molecular weight is 747 g/mol. The fourth-order valence-electron chi connectivity index (χ4n) is 6.52. The first kappa shape index (κ1) is 44.7. The SMILES string of the molecule is COC(=O)C(NC(=O)[C@H](NC(=O)[C@@H]1CCCC1C(O)C(Cc1ccccc1)NC(=O)[C@H](C)N(C(C)=O)C(=O)[C@H](C)NC(=O)[C@@H](N)CO)C(C)C)C(C)C. The molecule has 1 saturated carbocycles. The van der Waals surface area contributed by atoms with Crippen LogP contribution in [0, 0.1) is 23.7 Å². The van der Waals surface area contributed by atoms with Crippen molar-refractivity contribution in [2.45, 2.75) is 117 Å². The van der Waals surface area contributed by atoms with E-state index in [-0.39, 0.29) is 18.3 Å². The van der Waals surface area contributed by atoms with Gasteiger partial charge in [-0.15, -0.1) is 0 Å². The number of benzene rings is 1. The van der Waals surface area contributed by atoms with Gasteiger partial charge in [-0.2, -0.15) is 0 Å². The van der Waals surface area contributed by atoms with Gasteiger partial charge in [-0.3, -0.25) is 33.7 Å². The number of imide groups is 1. The maximum absolute atomic E-state index is 13.8. The zero-order valence-corrected chi connectivity index (χ0v) is 32.0. The molecule has 6 amide bonds. The molecule has 0 saturated heterocycles. The lowest BCUT2D eigenvalue weighted by Gasteiger charge is -2.34. The van der Waals surface area contributed by atoms with Crippen LogP contribution in [0.2, 0.25) is 0 Å². The number of rotatable bonds is 18. The van der Waals surface area contributed by atoms with Gasteiger partial charge in [0.25, 0.3) is 5.91 Å². The van der Waals surface area contributed by atoms with Crippen LogP contribution < -0.4 is 27.0 Å². The molecule has 0 heterocycles. The second-order valence-corrected chi connectivity index (χ2v) is 14.4. The van der Waals surface area contributed by atoms with Crippen molar-refractivity contribution in [2.24, 2.45) is 29.4 Å². The highest BCUT2D eigenvalue weighted by molar-refractivity contribution is 6.02. The number of carbonyl (C=O) groups excluding carboxylic acids is 7. The van der Waals surface area contributed by atoms with Crippen LogP contribution in [0.3, 0.4) is 0 Å². The lowest BCUT2D eigenvalue weighted by atomic mass is 9.84. The molecular weight excluding hydrogens is 688 g/mol. The van der Waals surface area contributed by atoms with E-state index in [1.807, 2.05) is 18.2 Å². The number of aliphatic hydroxyl groups excluding tert-OH is 2. The van der Waals surface area contributed by atoms with E-state index in [2.05, 4.69) is 21.3 Å². The molecule has 16 heteroatoms. The molecule has 4 unspecified atom stereocenters. The maximum Gasteiger partial charge on any atom is 0.328 e. The predicted molar refractivity (Wildman–Crippen MR) is 194 cm³/mol. The van der Waals surface area contributed by atoms with Crippen LogP contribution >= 0.6 is 0 Å². The van der Waals surface area contributed by atoms with E-state index in [0.717, 1.165) is 12.5 Å². The Balaban J connectivity index is 2.33. The lowest BCUT2D eigenvalue weighted by molar-refractivity contribution is -0.152. The van der Waals surface area contributed by atoms with Crippen molar-refractivity contribution in [3.63, 3.8) is 0 Å². The van der Waals surface area contributed by atoms with Gasteiger partial charge in [0.05, 0.1) is 25.9 Å². The molecule has 1 aliphatic carbocycles. The van der Waals surface area contributed by atoms with Gasteiger partial charge in [0.1, 0.15) is 30.2 Å². The van der Waals surface area contributed by atoms with Crippen LogP contribution in [0.4, 0.5) is 0 Å². The van der Waals surface area contributed by atoms with Gasteiger partial charge in [-0.25, -0.2) is 4.79 Å². The van der Waals surface area contributed by atoms with Crippen LogP contribution in [0.1, 0.15) is 73.3 Å². The third kappa shape index (κ3) is 12.3. The van der Waals surface area contributed by atoms with E-state index >= 15 is 0 Å². The first-order chi connectivity index (χ1) is 24.9. The number of nitrogens with zero attached hydrogens (tertiary/aromatic N) is 1. The Labute approximate surface area is 311 Å². The standard InChI is InChI=1S/C37H58N6O10/c1-19(2)29(35(50)42-30(20(3)4)37(52)53-8)41-33(48)26-16-12-15-25(26)31(46)28(17-24-13-10-9-11-14-24)40-32(47)22(6)43(23(7)45)36(51)21(5)39-34(49)27(38)18-44/h9-11,13-14,19-22,25-31,44,46H,12,15-18,38H2,1-8H3,(H,39,49)(H,40,47)(H,41,48)(H,42,50)/t21-,22-,25?,26+,27-,28?,29+,30?,31?/m0/s1. The van der Waals surface area contributed by atoms with Gasteiger partial charge in [0.2, 0.25) is 29.5 Å². The van der Waals surface area contributed by atoms with Crippen molar-refractivity contribution < 1.29 is 48.5 Å². The Morgan fingerprint density at radius 1 is 0.849 bits per heavy atom. The number of hydrogen-bond donors (Lipinski definition) is 7. The quantitative estimate of drug-likeness (QED) is 0.0947. The molecular formula is C37H58N6O10. The van der Waals surface area contributed by atoms with E-state index in [1.165, 1.54) is 21.0 Å². The molecule has 0 spiro atoms. The molecule has 9 atom stereocenters. The van der Waals surface area contributed by atoms with E-state index in [9.17, 15) is 38.7 Å². The minimum Gasteiger partial charge on any atom is -0.467 e. The number of esters is 1. The van der Waals surface area contributed by atoms with Gasteiger partial charge in [-0.05, 0) is 56.4 Å². The molecule has 0 radical (unpaired) electrons. The number of nitrogens with two attached hydrogens (primary N) is 1. The summed E-state index contributed by atoms with van der Waals surface area (Å²) < 4.78 is 4.84. The molecule has 8 N–H and O–H groups in total. The highest BCUT2D eigenvalue weighted by Gasteiger charge is 2.43. The molecule has 1 aromatic rings. The van der Waals surface area contributed by atoms with E-state index in [4.69, 9.17) is 15.6 Å². The minimum absolute atomic E-state index is 0.145. The molecule has 1 aliphatic rings. The molecule has 0 aromatic heterocycles. The second-order valence-electron chi connectivity index (χ2n) is 14.4. The fraction of sp³-hybridized carbons (Fsp3) is 0.649. The molecule has 296 valence electrons. The average Bonchev–Trinajstić information content (AvgIpc) is 3.61. The van der Waals surface area contributed by atoms with Crippen molar-refractivity contribution in [1.82, 2.24) is 26.2 Å². The number of carbonyl (C=O) groups is 7.